The summed E-state index contributed by atoms with van der Waals surface area (Å²) in [6, 6.07) is 8.18. The molecule has 6 heteroatoms. The number of carbonyl (C=O) groups excluding carboxylic acids is 2. The number of benzene rings is 1. The van der Waals surface area contributed by atoms with Crippen molar-refractivity contribution in [1.82, 2.24) is 9.80 Å². The zero-order valence-corrected chi connectivity index (χ0v) is 18.1. The molecule has 4 rings (SSSR count). The fourth-order valence-corrected chi connectivity index (χ4v) is 4.88. The summed E-state index contributed by atoms with van der Waals surface area (Å²) in [5, 5.41) is 0. The molecule has 3 aliphatic rings. The molecule has 1 atom stereocenters. The Kier molecular flexibility index (Phi) is 6.74. The average molecular weight is 415 g/mol. The lowest BCUT2D eigenvalue weighted by Crippen LogP contribution is -2.52. The molecule has 3 aliphatic heterocycles. The molecule has 30 heavy (non-hydrogen) atoms. The topological polar surface area (TPSA) is 59.1 Å². The lowest BCUT2D eigenvalue weighted by atomic mass is 9.83. The van der Waals surface area contributed by atoms with E-state index in [1.807, 2.05) is 21.9 Å². The number of hydrogen-bond donors (Lipinski definition) is 0. The molecule has 3 heterocycles. The van der Waals surface area contributed by atoms with E-state index in [-0.39, 0.29) is 30.1 Å². The molecule has 164 valence electrons. The Hall–Kier alpha value is -1.92. The van der Waals surface area contributed by atoms with E-state index in [0.29, 0.717) is 13.0 Å². The number of nitrogens with zero attached hydrogens (tertiary/aromatic N) is 2. The van der Waals surface area contributed by atoms with Gasteiger partial charge >= 0.3 is 0 Å². The van der Waals surface area contributed by atoms with Gasteiger partial charge < -0.3 is 19.3 Å². The third kappa shape index (κ3) is 5.22. The second kappa shape index (κ2) is 9.48. The van der Waals surface area contributed by atoms with E-state index >= 15 is 0 Å². The van der Waals surface area contributed by atoms with E-state index in [4.69, 9.17) is 9.47 Å². The van der Waals surface area contributed by atoms with Crippen molar-refractivity contribution in [2.24, 2.45) is 0 Å². The van der Waals surface area contributed by atoms with Gasteiger partial charge in [-0.25, -0.2) is 0 Å². The Morgan fingerprint density at radius 2 is 1.70 bits per heavy atom. The second-order valence-electron chi connectivity index (χ2n) is 9.09. The van der Waals surface area contributed by atoms with Crippen LogP contribution in [-0.4, -0.2) is 72.7 Å². The lowest BCUT2D eigenvalue weighted by Gasteiger charge is -2.46. The van der Waals surface area contributed by atoms with Gasteiger partial charge in [0, 0.05) is 39.2 Å². The highest BCUT2D eigenvalue weighted by molar-refractivity contribution is 5.79. The molecule has 1 spiro atoms. The molecular formula is C24H34N2O4. The lowest BCUT2D eigenvalue weighted by molar-refractivity contribution is -0.166. The fraction of sp³-hybridized carbons (Fsp3) is 0.667. The summed E-state index contributed by atoms with van der Waals surface area (Å²) >= 11 is 0. The van der Waals surface area contributed by atoms with Crippen molar-refractivity contribution in [1.29, 1.82) is 0 Å². The van der Waals surface area contributed by atoms with Crippen LogP contribution in [-0.2, 0) is 25.5 Å². The highest BCUT2D eigenvalue weighted by atomic mass is 16.5. The molecule has 3 fully saturated rings. The minimum Gasteiger partial charge on any atom is -0.375 e. The number of rotatable bonds is 5. The average Bonchev–Trinajstić information content (AvgIpc) is 3.29. The maximum Gasteiger partial charge on any atom is 0.248 e. The van der Waals surface area contributed by atoms with Crippen molar-refractivity contribution in [2.75, 3.05) is 39.4 Å². The molecule has 0 saturated carbocycles. The Morgan fingerprint density at radius 1 is 1.03 bits per heavy atom. The van der Waals surface area contributed by atoms with Gasteiger partial charge in [0.15, 0.2) is 0 Å². The Bertz CT molecular complexity index is 734. The first kappa shape index (κ1) is 21.3. The number of piperidine rings is 1. The maximum absolute atomic E-state index is 12.7. The van der Waals surface area contributed by atoms with Crippen LogP contribution in [0.2, 0.25) is 0 Å². The Labute approximate surface area is 179 Å². The van der Waals surface area contributed by atoms with Crippen LogP contribution < -0.4 is 0 Å². The number of likely N-dealkylation sites (tertiary alicyclic amines) is 2. The van der Waals surface area contributed by atoms with Crippen molar-refractivity contribution in [3.05, 3.63) is 35.4 Å². The summed E-state index contributed by atoms with van der Waals surface area (Å²) < 4.78 is 12.2. The van der Waals surface area contributed by atoms with Crippen LogP contribution >= 0.6 is 0 Å². The van der Waals surface area contributed by atoms with Crippen LogP contribution in [0.3, 0.4) is 0 Å². The van der Waals surface area contributed by atoms with E-state index in [0.717, 1.165) is 70.3 Å². The van der Waals surface area contributed by atoms with E-state index in [2.05, 4.69) is 19.1 Å². The minimum atomic E-state index is -0.208. The van der Waals surface area contributed by atoms with Crippen molar-refractivity contribution in [2.45, 2.75) is 63.6 Å². The SMILES string of the molecule is Cc1ccc(CC(=O)N2CCC3(CC2)CC(OCC(=O)N2CCCC2)CCO3)cc1. The largest absolute Gasteiger partial charge is 0.375 e. The summed E-state index contributed by atoms with van der Waals surface area (Å²) in [6.45, 7) is 6.09. The molecule has 1 unspecified atom stereocenters. The van der Waals surface area contributed by atoms with Gasteiger partial charge in [-0.15, -0.1) is 0 Å². The van der Waals surface area contributed by atoms with Gasteiger partial charge in [0.25, 0.3) is 0 Å². The summed E-state index contributed by atoms with van der Waals surface area (Å²) in [7, 11) is 0. The normalized spacial score (nSPS) is 23.7. The van der Waals surface area contributed by atoms with Crippen LogP contribution in [0.15, 0.2) is 24.3 Å². The smallest absolute Gasteiger partial charge is 0.248 e. The van der Waals surface area contributed by atoms with Crippen LogP contribution in [0.25, 0.3) is 0 Å². The van der Waals surface area contributed by atoms with Crippen LogP contribution in [0.1, 0.15) is 49.7 Å². The molecule has 1 aromatic rings. The molecule has 3 saturated heterocycles. The van der Waals surface area contributed by atoms with Crippen molar-refractivity contribution in [3.63, 3.8) is 0 Å². The first-order chi connectivity index (χ1) is 14.5. The van der Waals surface area contributed by atoms with E-state index in [9.17, 15) is 9.59 Å². The zero-order valence-electron chi connectivity index (χ0n) is 18.1. The number of amides is 2. The van der Waals surface area contributed by atoms with Crippen LogP contribution in [0.4, 0.5) is 0 Å². The van der Waals surface area contributed by atoms with E-state index in [1.54, 1.807) is 0 Å². The molecule has 0 aliphatic carbocycles. The predicted octanol–water partition coefficient (Wildman–Crippen LogP) is 2.72. The number of aryl methyl sites for hydroxylation is 1. The first-order valence-electron chi connectivity index (χ1n) is 11.4. The van der Waals surface area contributed by atoms with Gasteiger partial charge in [-0.3, -0.25) is 9.59 Å². The van der Waals surface area contributed by atoms with Crippen LogP contribution in [0, 0.1) is 6.92 Å². The molecule has 2 amide bonds. The molecule has 0 N–H and O–H groups in total. The third-order valence-corrected chi connectivity index (χ3v) is 6.85. The van der Waals surface area contributed by atoms with E-state index < -0.39 is 0 Å². The second-order valence-corrected chi connectivity index (χ2v) is 9.09. The Morgan fingerprint density at radius 3 is 2.40 bits per heavy atom. The zero-order chi connectivity index (χ0) is 21.0. The van der Waals surface area contributed by atoms with Gasteiger partial charge in [-0.2, -0.15) is 0 Å². The van der Waals surface area contributed by atoms with Gasteiger partial charge in [0.1, 0.15) is 6.61 Å². The molecule has 0 radical (unpaired) electrons. The van der Waals surface area contributed by atoms with Gasteiger partial charge in [-0.05, 0) is 44.6 Å². The monoisotopic (exact) mass is 414 g/mol. The molecule has 6 nitrogen and oxygen atoms in total. The highest BCUT2D eigenvalue weighted by Crippen LogP contribution is 2.36. The molecule has 0 aromatic heterocycles. The predicted molar refractivity (Wildman–Crippen MR) is 114 cm³/mol. The van der Waals surface area contributed by atoms with Gasteiger partial charge in [-0.1, -0.05) is 29.8 Å². The summed E-state index contributed by atoms with van der Waals surface area (Å²) in [6.07, 6.45) is 6.07. The van der Waals surface area contributed by atoms with Crippen molar-refractivity contribution < 1.29 is 19.1 Å². The van der Waals surface area contributed by atoms with Crippen LogP contribution in [0.5, 0.6) is 0 Å². The maximum atomic E-state index is 12.7. The quantitative estimate of drug-likeness (QED) is 0.743. The summed E-state index contributed by atoms with van der Waals surface area (Å²) in [5.74, 6) is 0.304. The first-order valence-corrected chi connectivity index (χ1v) is 11.4. The summed E-state index contributed by atoms with van der Waals surface area (Å²) in [5.41, 5.74) is 2.07. The van der Waals surface area contributed by atoms with Crippen molar-refractivity contribution >= 4 is 11.8 Å². The molecule has 1 aromatic carbocycles. The van der Waals surface area contributed by atoms with E-state index in [1.165, 1.54) is 5.56 Å². The molecule has 0 bridgehead atoms. The number of ether oxygens (including phenoxy) is 2. The summed E-state index contributed by atoms with van der Waals surface area (Å²) in [4.78, 5) is 28.9. The fourth-order valence-electron chi connectivity index (χ4n) is 4.88. The Balaban J connectivity index is 1.24. The molecular weight excluding hydrogens is 380 g/mol. The number of hydrogen-bond acceptors (Lipinski definition) is 4. The number of carbonyl (C=O) groups is 2. The standard InChI is InChI=1S/C24H34N2O4/c1-19-4-6-20(7-5-19)16-22(27)26-13-9-24(10-14-26)17-21(8-15-30-24)29-18-23(28)25-11-2-3-12-25/h4-7,21H,2-3,8-18H2,1H3. The van der Waals surface area contributed by atoms with Crippen molar-refractivity contribution in [3.8, 4) is 0 Å². The minimum absolute atomic E-state index is 0.0695. The van der Waals surface area contributed by atoms with Gasteiger partial charge in [0.2, 0.25) is 11.8 Å². The third-order valence-electron chi connectivity index (χ3n) is 6.85. The highest BCUT2D eigenvalue weighted by Gasteiger charge is 2.41. The van der Waals surface area contributed by atoms with Gasteiger partial charge in [0.05, 0.1) is 18.1 Å².